The molecule has 0 radical (unpaired) electrons. The van der Waals surface area contributed by atoms with E-state index < -0.39 is 0 Å². The van der Waals surface area contributed by atoms with Crippen molar-refractivity contribution in [1.29, 1.82) is 0 Å². The molecule has 15 heavy (non-hydrogen) atoms. The Morgan fingerprint density at radius 1 is 1.40 bits per heavy atom. The highest BCUT2D eigenvalue weighted by atomic mass is 32.2. The van der Waals surface area contributed by atoms with Crippen molar-refractivity contribution in [3.63, 3.8) is 0 Å². The molecule has 0 amide bonds. The highest BCUT2D eigenvalue weighted by molar-refractivity contribution is 7.99. The lowest BCUT2D eigenvalue weighted by Gasteiger charge is -2.23. The third-order valence-electron chi connectivity index (χ3n) is 2.26. The standard InChI is InChI=1S/C11H14FNOS/c12-9-1-3-11(4-2-9)15-8-10-7-14-6-5-13-10/h1-4,10,13H,5-8H2. The van der Waals surface area contributed by atoms with Crippen LogP contribution < -0.4 is 5.32 Å². The Labute approximate surface area is 93.2 Å². The van der Waals surface area contributed by atoms with Gasteiger partial charge in [-0.05, 0) is 24.3 Å². The summed E-state index contributed by atoms with van der Waals surface area (Å²) in [6.07, 6.45) is 0. The molecule has 1 N–H and O–H groups in total. The zero-order valence-electron chi connectivity index (χ0n) is 8.41. The molecule has 1 heterocycles. The van der Waals surface area contributed by atoms with E-state index in [0.717, 1.165) is 30.4 Å². The molecule has 1 fully saturated rings. The van der Waals surface area contributed by atoms with Crippen LogP contribution in [-0.2, 0) is 4.74 Å². The van der Waals surface area contributed by atoms with E-state index in [9.17, 15) is 4.39 Å². The summed E-state index contributed by atoms with van der Waals surface area (Å²) in [7, 11) is 0. The quantitative estimate of drug-likeness (QED) is 0.797. The molecular formula is C11H14FNOS. The van der Waals surface area contributed by atoms with Gasteiger partial charge in [0, 0.05) is 23.2 Å². The smallest absolute Gasteiger partial charge is 0.123 e. The van der Waals surface area contributed by atoms with Gasteiger partial charge in [0.25, 0.3) is 0 Å². The van der Waals surface area contributed by atoms with Gasteiger partial charge in [-0.25, -0.2) is 4.39 Å². The van der Waals surface area contributed by atoms with E-state index in [0.29, 0.717) is 6.04 Å². The van der Waals surface area contributed by atoms with Gasteiger partial charge in [0.15, 0.2) is 0 Å². The van der Waals surface area contributed by atoms with Gasteiger partial charge in [0.2, 0.25) is 0 Å². The molecular weight excluding hydrogens is 213 g/mol. The monoisotopic (exact) mass is 227 g/mol. The largest absolute Gasteiger partial charge is 0.378 e. The number of rotatable bonds is 3. The molecule has 1 aliphatic rings. The zero-order valence-corrected chi connectivity index (χ0v) is 9.23. The first-order chi connectivity index (χ1) is 7.34. The average molecular weight is 227 g/mol. The molecule has 0 bridgehead atoms. The number of hydrogen-bond donors (Lipinski definition) is 1. The van der Waals surface area contributed by atoms with Crippen LogP contribution in [0, 0.1) is 5.82 Å². The van der Waals surface area contributed by atoms with Crippen molar-refractivity contribution < 1.29 is 9.13 Å². The zero-order chi connectivity index (χ0) is 10.5. The first-order valence-electron chi connectivity index (χ1n) is 5.04. The van der Waals surface area contributed by atoms with Gasteiger partial charge in [-0.1, -0.05) is 0 Å². The van der Waals surface area contributed by atoms with Crippen LogP contribution in [0.1, 0.15) is 0 Å². The Hall–Kier alpha value is -0.580. The first kappa shape index (κ1) is 10.9. The summed E-state index contributed by atoms with van der Waals surface area (Å²) in [6.45, 7) is 2.50. The summed E-state index contributed by atoms with van der Waals surface area (Å²) in [5.74, 6) is 0.782. The van der Waals surface area contributed by atoms with Crippen molar-refractivity contribution >= 4 is 11.8 Å². The lowest BCUT2D eigenvalue weighted by atomic mass is 10.3. The topological polar surface area (TPSA) is 21.3 Å². The van der Waals surface area contributed by atoms with Crippen molar-refractivity contribution in [1.82, 2.24) is 5.32 Å². The molecule has 1 unspecified atom stereocenters. The second kappa shape index (κ2) is 5.49. The average Bonchev–Trinajstić information content (AvgIpc) is 2.30. The van der Waals surface area contributed by atoms with Crippen LogP contribution in [0.3, 0.4) is 0 Å². The fourth-order valence-electron chi connectivity index (χ4n) is 1.45. The summed E-state index contributed by atoms with van der Waals surface area (Å²) >= 11 is 1.73. The molecule has 1 aromatic carbocycles. The number of nitrogens with one attached hydrogen (secondary N) is 1. The van der Waals surface area contributed by atoms with E-state index in [-0.39, 0.29) is 5.82 Å². The van der Waals surface area contributed by atoms with Crippen molar-refractivity contribution in [3.8, 4) is 0 Å². The normalized spacial score (nSPS) is 21.5. The van der Waals surface area contributed by atoms with E-state index in [4.69, 9.17) is 4.74 Å². The number of ether oxygens (including phenoxy) is 1. The van der Waals surface area contributed by atoms with Crippen LogP contribution in [0.25, 0.3) is 0 Å². The van der Waals surface area contributed by atoms with Gasteiger partial charge >= 0.3 is 0 Å². The van der Waals surface area contributed by atoms with E-state index >= 15 is 0 Å². The molecule has 82 valence electrons. The SMILES string of the molecule is Fc1ccc(SCC2COCCN2)cc1. The molecule has 1 aromatic rings. The van der Waals surface area contributed by atoms with Crippen molar-refractivity contribution in [3.05, 3.63) is 30.1 Å². The minimum atomic E-state index is -0.182. The van der Waals surface area contributed by atoms with Gasteiger partial charge in [0.05, 0.1) is 13.2 Å². The molecule has 1 saturated heterocycles. The van der Waals surface area contributed by atoms with Gasteiger partial charge in [-0.2, -0.15) is 0 Å². The third-order valence-corrected chi connectivity index (χ3v) is 3.44. The first-order valence-corrected chi connectivity index (χ1v) is 6.02. The molecule has 0 saturated carbocycles. The molecule has 2 nitrogen and oxygen atoms in total. The van der Waals surface area contributed by atoms with Crippen molar-refractivity contribution in [2.24, 2.45) is 0 Å². The third kappa shape index (κ3) is 3.48. The van der Waals surface area contributed by atoms with E-state index in [1.54, 1.807) is 11.8 Å². The molecule has 2 rings (SSSR count). The maximum Gasteiger partial charge on any atom is 0.123 e. The van der Waals surface area contributed by atoms with E-state index in [1.165, 1.54) is 12.1 Å². The van der Waals surface area contributed by atoms with Crippen molar-refractivity contribution in [2.75, 3.05) is 25.5 Å². The number of halogens is 1. The summed E-state index contributed by atoms with van der Waals surface area (Å²) in [5.41, 5.74) is 0. The molecule has 0 aliphatic carbocycles. The molecule has 1 aliphatic heterocycles. The molecule has 4 heteroatoms. The Morgan fingerprint density at radius 2 is 2.20 bits per heavy atom. The number of benzene rings is 1. The van der Waals surface area contributed by atoms with Crippen LogP contribution in [0.4, 0.5) is 4.39 Å². The van der Waals surface area contributed by atoms with Gasteiger partial charge in [0.1, 0.15) is 5.82 Å². The second-order valence-corrected chi connectivity index (χ2v) is 4.58. The lowest BCUT2D eigenvalue weighted by Crippen LogP contribution is -2.42. The minimum Gasteiger partial charge on any atom is -0.378 e. The van der Waals surface area contributed by atoms with E-state index in [2.05, 4.69) is 5.32 Å². The Balaban J connectivity index is 1.79. The van der Waals surface area contributed by atoms with E-state index in [1.807, 2.05) is 12.1 Å². The Kier molecular flexibility index (Phi) is 4.00. The minimum absolute atomic E-state index is 0.182. The predicted molar refractivity (Wildman–Crippen MR) is 59.7 cm³/mol. The lowest BCUT2D eigenvalue weighted by molar-refractivity contribution is 0.0837. The summed E-state index contributed by atoms with van der Waals surface area (Å²) < 4.78 is 18.0. The maximum absolute atomic E-state index is 12.6. The van der Waals surface area contributed by atoms with Crippen molar-refractivity contribution in [2.45, 2.75) is 10.9 Å². The second-order valence-electron chi connectivity index (χ2n) is 3.49. The predicted octanol–water partition coefficient (Wildman–Crippen LogP) is 1.91. The van der Waals surface area contributed by atoms with Gasteiger partial charge < -0.3 is 10.1 Å². The number of thioether (sulfide) groups is 1. The Morgan fingerprint density at radius 3 is 2.87 bits per heavy atom. The fraction of sp³-hybridized carbons (Fsp3) is 0.455. The fourth-order valence-corrected chi connectivity index (χ4v) is 2.39. The van der Waals surface area contributed by atoms with Crippen LogP contribution >= 0.6 is 11.8 Å². The van der Waals surface area contributed by atoms with Crippen LogP contribution in [0.2, 0.25) is 0 Å². The van der Waals surface area contributed by atoms with Crippen LogP contribution in [0.5, 0.6) is 0 Å². The molecule has 1 atom stereocenters. The number of morpholine rings is 1. The highest BCUT2D eigenvalue weighted by Gasteiger charge is 2.12. The summed E-state index contributed by atoms with van der Waals surface area (Å²) in [5, 5.41) is 3.38. The molecule has 0 spiro atoms. The van der Waals surface area contributed by atoms with Gasteiger partial charge in [-0.15, -0.1) is 11.8 Å². The van der Waals surface area contributed by atoms with Crippen LogP contribution in [0.15, 0.2) is 29.2 Å². The molecule has 0 aromatic heterocycles. The summed E-state index contributed by atoms with van der Waals surface area (Å²) in [4.78, 5) is 1.10. The number of hydrogen-bond acceptors (Lipinski definition) is 3. The Bertz CT molecular complexity index is 298. The highest BCUT2D eigenvalue weighted by Crippen LogP contribution is 2.19. The maximum atomic E-state index is 12.6. The summed E-state index contributed by atoms with van der Waals surface area (Å²) in [6, 6.07) is 7.02. The van der Waals surface area contributed by atoms with Crippen LogP contribution in [-0.4, -0.2) is 31.6 Å². The van der Waals surface area contributed by atoms with Gasteiger partial charge in [-0.3, -0.25) is 0 Å².